The van der Waals surface area contributed by atoms with Gasteiger partial charge in [0.05, 0.1) is 24.4 Å². The normalized spacial score (nSPS) is 10.6. The number of benzene rings is 1. The third-order valence-corrected chi connectivity index (χ3v) is 3.97. The van der Waals surface area contributed by atoms with Gasteiger partial charge in [0.25, 0.3) is 0 Å². The molecule has 0 aliphatic carbocycles. The Morgan fingerprint density at radius 1 is 1.18 bits per heavy atom. The van der Waals surface area contributed by atoms with E-state index >= 15 is 0 Å². The number of ether oxygens (including phenoxy) is 1. The Morgan fingerprint density at radius 2 is 1.82 bits per heavy atom. The van der Waals surface area contributed by atoms with Crippen LogP contribution in [0.1, 0.15) is 53.4 Å². The summed E-state index contributed by atoms with van der Waals surface area (Å²) in [7, 11) is 1.72. The summed E-state index contributed by atoms with van der Waals surface area (Å²) in [6.07, 6.45) is 0.760. The van der Waals surface area contributed by atoms with E-state index in [1.54, 1.807) is 7.11 Å². The molecule has 0 saturated carbocycles. The number of hydrogen-bond acceptors (Lipinski definition) is 3. The van der Waals surface area contributed by atoms with Crippen LogP contribution in [-0.4, -0.2) is 12.1 Å². The summed E-state index contributed by atoms with van der Waals surface area (Å²) >= 11 is 0. The fourth-order valence-corrected chi connectivity index (χ4v) is 2.66. The molecule has 0 fully saturated rings. The molecule has 0 bridgehead atoms. The molecule has 1 heterocycles. The van der Waals surface area contributed by atoms with Gasteiger partial charge in [-0.05, 0) is 37.5 Å². The van der Waals surface area contributed by atoms with Crippen molar-refractivity contribution in [2.75, 3.05) is 7.11 Å². The van der Waals surface area contributed by atoms with Gasteiger partial charge in [-0.25, -0.2) is 0 Å². The molecule has 114 valence electrons. The first kappa shape index (κ1) is 16.0. The molecule has 0 aliphatic heterocycles. The van der Waals surface area contributed by atoms with Gasteiger partial charge in [-0.15, -0.1) is 0 Å². The molecule has 0 N–H and O–H groups in total. The number of hydrogen-bond donors (Lipinski definition) is 0. The Balaban J connectivity index is 2.52. The number of rotatable bonds is 4. The summed E-state index contributed by atoms with van der Waals surface area (Å²) in [6, 6.07) is 9.85. The van der Waals surface area contributed by atoms with E-state index in [2.05, 4.69) is 19.9 Å². The summed E-state index contributed by atoms with van der Waals surface area (Å²) in [5, 5.41) is 8.90. The SMILES string of the molecule is COc1c(C)c(C)nc(C(C)C)c1Cc1ccc(C#N)cc1. The van der Waals surface area contributed by atoms with Gasteiger partial charge < -0.3 is 4.74 Å². The summed E-state index contributed by atoms with van der Waals surface area (Å²) in [5.74, 6) is 1.27. The van der Waals surface area contributed by atoms with Gasteiger partial charge in [-0.3, -0.25) is 4.98 Å². The lowest BCUT2D eigenvalue weighted by Crippen LogP contribution is -2.08. The van der Waals surface area contributed by atoms with E-state index in [-0.39, 0.29) is 0 Å². The number of nitrogens with zero attached hydrogens (tertiary/aromatic N) is 2. The molecule has 0 saturated heterocycles. The van der Waals surface area contributed by atoms with Gasteiger partial charge in [0.1, 0.15) is 5.75 Å². The first-order valence-corrected chi connectivity index (χ1v) is 7.51. The van der Waals surface area contributed by atoms with Crippen molar-refractivity contribution in [2.45, 2.75) is 40.0 Å². The van der Waals surface area contributed by atoms with E-state index < -0.39 is 0 Å². The van der Waals surface area contributed by atoms with Crippen molar-refractivity contribution < 1.29 is 4.74 Å². The van der Waals surface area contributed by atoms with Crippen LogP contribution in [0.4, 0.5) is 0 Å². The standard InChI is InChI=1S/C19H22N2O/c1-12(2)18-17(19(22-5)13(3)14(4)21-18)10-15-6-8-16(11-20)9-7-15/h6-9,12H,10H2,1-5H3. The van der Waals surface area contributed by atoms with E-state index in [9.17, 15) is 0 Å². The second-order valence-electron chi connectivity index (χ2n) is 5.86. The fraction of sp³-hybridized carbons (Fsp3) is 0.368. The Morgan fingerprint density at radius 3 is 2.32 bits per heavy atom. The molecule has 3 heteroatoms. The number of methoxy groups -OCH3 is 1. The van der Waals surface area contributed by atoms with Gasteiger partial charge in [-0.2, -0.15) is 5.26 Å². The van der Waals surface area contributed by atoms with Crippen LogP contribution in [0, 0.1) is 25.2 Å². The third-order valence-electron chi connectivity index (χ3n) is 3.97. The minimum Gasteiger partial charge on any atom is -0.496 e. The zero-order chi connectivity index (χ0) is 16.3. The Hall–Kier alpha value is -2.34. The second kappa shape index (κ2) is 6.62. The second-order valence-corrected chi connectivity index (χ2v) is 5.86. The number of nitriles is 1. The molecule has 0 unspecified atom stereocenters. The van der Waals surface area contributed by atoms with Crippen molar-refractivity contribution >= 4 is 0 Å². The molecule has 0 radical (unpaired) electrons. The van der Waals surface area contributed by atoms with Gasteiger partial charge >= 0.3 is 0 Å². The summed E-state index contributed by atoms with van der Waals surface area (Å²) in [6.45, 7) is 8.38. The van der Waals surface area contributed by atoms with Gasteiger partial charge in [0.2, 0.25) is 0 Å². The maximum atomic E-state index is 8.90. The predicted molar refractivity (Wildman–Crippen MR) is 88.3 cm³/mol. The van der Waals surface area contributed by atoms with Gasteiger partial charge in [0, 0.05) is 23.2 Å². The molecule has 0 aliphatic rings. The molecule has 3 nitrogen and oxygen atoms in total. The van der Waals surface area contributed by atoms with E-state index in [1.807, 2.05) is 38.1 Å². The van der Waals surface area contributed by atoms with Crippen molar-refractivity contribution in [3.8, 4) is 11.8 Å². The van der Waals surface area contributed by atoms with Gasteiger partial charge in [0.15, 0.2) is 0 Å². The van der Waals surface area contributed by atoms with E-state index in [4.69, 9.17) is 15.0 Å². The van der Waals surface area contributed by atoms with Crippen LogP contribution in [-0.2, 0) is 6.42 Å². The van der Waals surface area contributed by atoms with Crippen LogP contribution in [0.3, 0.4) is 0 Å². The highest BCUT2D eigenvalue weighted by Gasteiger charge is 2.18. The van der Waals surface area contributed by atoms with Crippen molar-refractivity contribution in [3.63, 3.8) is 0 Å². The highest BCUT2D eigenvalue weighted by Crippen LogP contribution is 2.33. The average Bonchev–Trinajstić information content (AvgIpc) is 2.51. The quantitative estimate of drug-likeness (QED) is 0.845. The lowest BCUT2D eigenvalue weighted by Gasteiger charge is -2.19. The molecular weight excluding hydrogens is 272 g/mol. The number of aryl methyl sites for hydroxylation is 1. The molecule has 0 spiro atoms. The van der Waals surface area contributed by atoms with Crippen LogP contribution in [0.5, 0.6) is 5.75 Å². The van der Waals surface area contributed by atoms with Crippen LogP contribution < -0.4 is 4.74 Å². The molecule has 0 atom stereocenters. The molecule has 1 aromatic heterocycles. The van der Waals surface area contributed by atoms with Crippen LogP contribution in [0.25, 0.3) is 0 Å². The maximum absolute atomic E-state index is 8.90. The Labute approximate surface area is 132 Å². The van der Waals surface area contributed by atoms with Crippen LogP contribution in [0.15, 0.2) is 24.3 Å². The first-order chi connectivity index (χ1) is 10.5. The largest absolute Gasteiger partial charge is 0.496 e. The van der Waals surface area contributed by atoms with E-state index in [1.165, 1.54) is 0 Å². The van der Waals surface area contributed by atoms with Crippen molar-refractivity contribution in [3.05, 3.63) is 57.9 Å². The van der Waals surface area contributed by atoms with Crippen molar-refractivity contribution in [1.29, 1.82) is 5.26 Å². The fourth-order valence-electron chi connectivity index (χ4n) is 2.66. The number of aromatic nitrogens is 1. The molecule has 2 aromatic rings. The molecular formula is C19H22N2O. The maximum Gasteiger partial charge on any atom is 0.128 e. The molecule has 22 heavy (non-hydrogen) atoms. The minimum atomic E-state index is 0.335. The summed E-state index contributed by atoms with van der Waals surface area (Å²) in [5.41, 5.74) is 6.18. The highest BCUT2D eigenvalue weighted by atomic mass is 16.5. The summed E-state index contributed by atoms with van der Waals surface area (Å²) < 4.78 is 5.67. The minimum absolute atomic E-state index is 0.335. The highest BCUT2D eigenvalue weighted by molar-refractivity contribution is 5.48. The zero-order valence-electron chi connectivity index (χ0n) is 13.9. The average molecular weight is 294 g/mol. The third kappa shape index (κ3) is 3.12. The topological polar surface area (TPSA) is 45.9 Å². The van der Waals surface area contributed by atoms with Gasteiger partial charge in [-0.1, -0.05) is 26.0 Å². The smallest absolute Gasteiger partial charge is 0.128 e. The Bertz CT molecular complexity index is 710. The van der Waals surface area contributed by atoms with Crippen LogP contribution in [0.2, 0.25) is 0 Å². The van der Waals surface area contributed by atoms with Crippen molar-refractivity contribution in [1.82, 2.24) is 4.98 Å². The lowest BCUT2D eigenvalue weighted by molar-refractivity contribution is 0.404. The van der Waals surface area contributed by atoms with Crippen molar-refractivity contribution in [2.24, 2.45) is 0 Å². The monoisotopic (exact) mass is 294 g/mol. The summed E-state index contributed by atoms with van der Waals surface area (Å²) in [4.78, 5) is 4.78. The van der Waals surface area contributed by atoms with E-state index in [0.29, 0.717) is 11.5 Å². The van der Waals surface area contributed by atoms with Crippen LogP contribution >= 0.6 is 0 Å². The predicted octanol–water partition coefficient (Wildman–Crippen LogP) is 4.29. The first-order valence-electron chi connectivity index (χ1n) is 7.51. The number of pyridine rings is 1. The zero-order valence-corrected chi connectivity index (χ0v) is 13.9. The molecule has 0 amide bonds. The Kier molecular flexibility index (Phi) is 4.82. The lowest BCUT2D eigenvalue weighted by atomic mass is 9.94. The molecule has 1 aromatic carbocycles. The molecule has 2 rings (SSSR count). The van der Waals surface area contributed by atoms with E-state index in [0.717, 1.165) is 40.2 Å².